The molecule has 2 aliphatic carbocycles. The molecule has 0 radical (unpaired) electrons. The quantitative estimate of drug-likeness (QED) is 0.393. The zero-order valence-corrected chi connectivity index (χ0v) is 21.3. The molecule has 1 saturated carbocycles. The molecule has 0 bridgehead atoms. The van der Waals surface area contributed by atoms with Crippen LogP contribution in [0.1, 0.15) is 76.7 Å². The van der Waals surface area contributed by atoms with Crippen LogP contribution in [-0.2, 0) is 14.3 Å². The Morgan fingerprint density at radius 3 is 2.64 bits per heavy atom. The molecule has 0 aromatic heterocycles. The van der Waals surface area contributed by atoms with Crippen LogP contribution >= 0.6 is 0 Å². The number of amides is 2. The number of aromatic hydroxyl groups is 1. The summed E-state index contributed by atoms with van der Waals surface area (Å²) in [6.07, 6.45) is 11.3. The number of fused-ring (bicyclic) bond motifs is 3. The fraction of sp³-hybridized carbons (Fsp3) is 0.600. The van der Waals surface area contributed by atoms with Crippen molar-refractivity contribution in [1.29, 1.82) is 0 Å². The van der Waals surface area contributed by atoms with Gasteiger partial charge in [0.05, 0.1) is 31.2 Å². The van der Waals surface area contributed by atoms with Gasteiger partial charge >= 0.3 is 0 Å². The fourth-order valence-corrected chi connectivity index (χ4v) is 7.10. The van der Waals surface area contributed by atoms with Crippen molar-refractivity contribution in [2.24, 2.45) is 17.8 Å². The van der Waals surface area contributed by atoms with E-state index in [0.717, 1.165) is 68.1 Å². The molecule has 6 nitrogen and oxygen atoms in total. The van der Waals surface area contributed by atoms with E-state index in [2.05, 4.69) is 13.0 Å². The summed E-state index contributed by atoms with van der Waals surface area (Å²) in [5.74, 6) is -0.563. The number of phenolic OH excluding ortho intramolecular Hbond substituents is 1. The van der Waals surface area contributed by atoms with E-state index in [0.29, 0.717) is 13.0 Å². The summed E-state index contributed by atoms with van der Waals surface area (Å²) in [5.41, 5.74) is 4.27. The second-order valence-electron chi connectivity index (χ2n) is 11.0. The average molecular weight is 494 g/mol. The van der Waals surface area contributed by atoms with Gasteiger partial charge in [-0.05, 0) is 67.4 Å². The van der Waals surface area contributed by atoms with Crippen molar-refractivity contribution in [3.05, 3.63) is 46.5 Å². The second kappa shape index (κ2) is 10.9. The van der Waals surface area contributed by atoms with Crippen molar-refractivity contribution in [2.75, 3.05) is 13.2 Å². The third-order valence-corrected chi connectivity index (χ3v) is 8.71. The highest BCUT2D eigenvalue weighted by molar-refractivity contribution is 6.06. The molecule has 4 aliphatic rings. The zero-order valence-electron chi connectivity index (χ0n) is 21.3. The van der Waals surface area contributed by atoms with Crippen molar-refractivity contribution in [3.63, 3.8) is 0 Å². The Labute approximate surface area is 214 Å². The fourth-order valence-electron chi connectivity index (χ4n) is 7.10. The maximum atomic E-state index is 13.6. The molecule has 1 aromatic carbocycles. The molecule has 194 valence electrons. The Morgan fingerprint density at radius 1 is 1.11 bits per heavy atom. The third-order valence-electron chi connectivity index (χ3n) is 8.71. The first-order chi connectivity index (χ1) is 17.5. The number of nitrogens with zero attached hydrogens (tertiary/aromatic N) is 1. The lowest BCUT2D eigenvalue weighted by atomic mass is 9.69. The molecule has 1 aromatic rings. The number of phenols is 1. The Kier molecular flexibility index (Phi) is 7.63. The maximum absolute atomic E-state index is 13.6. The Hall–Kier alpha value is -2.44. The minimum absolute atomic E-state index is 0.00362. The van der Waals surface area contributed by atoms with Crippen molar-refractivity contribution in [2.45, 2.75) is 83.3 Å². The van der Waals surface area contributed by atoms with E-state index in [4.69, 9.17) is 4.74 Å². The summed E-state index contributed by atoms with van der Waals surface area (Å²) in [5, 5.41) is 20.1. The lowest BCUT2D eigenvalue weighted by Gasteiger charge is -2.31. The molecular weight excluding hydrogens is 454 g/mol. The molecule has 0 spiro atoms. The van der Waals surface area contributed by atoms with Gasteiger partial charge in [0.15, 0.2) is 0 Å². The maximum Gasteiger partial charge on any atom is 0.234 e. The largest absolute Gasteiger partial charge is 0.508 e. The first-order valence-electron chi connectivity index (χ1n) is 13.8. The summed E-state index contributed by atoms with van der Waals surface area (Å²) in [4.78, 5) is 28.6. The molecule has 2 heterocycles. The van der Waals surface area contributed by atoms with Crippen LogP contribution < -0.4 is 0 Å². The van der Waals surface area contributed by atoms with Gasteiger partial charge in [0.1, 0.15) is 5.75 Å². The van der Waals surface area contributed by atoms with Gasteiger partial charge in [-0.15, -0.1) is 0 Å². The molecule has 6 heteroatoms. The van der Waals surface area contributed by atoms with Crippen molar-refractivity contribution < 1.29 is 24.5 Å². The molecular formula is C30H39NO5. The van der Waals surface area contributed by atoms with Crippen LogP contribution in [0.25, 0.3) is 6.08 Å². The number of aliphatic hydroxyl groups is 1. The van der Waals surface area contributed by atoms with Crippen molar-refractivity contribution in [3.8, 4) is 5.75 Å². The highest BCUT2D eigenvalue weighted by Crippen LogP contribution is 2.50. The summed E-state index contributed by atoms with van der Waals surface area (Å²) >= 11 is 0. The van der Waals surface area contributed by atoms with E-state index < -0.39 is 0 Å². The second-order valence-corrected chi connectivity index (χ2v) is 11.0. The van der Waals surface area contributed by atoms with E-state index in [1.54, 1.807) is 17.0 Å². The standard InChI is InChI=1S/C30H39NO5/c1-2-7-19(14-20-8-6-11-23(33)15-20)12-13-26-27-21(17-32)16-24-28(25(27)18-36-26)30(35)31(29(24)34)22-9-4-3-5-10-22/h6,8,11,14-15,22,24-26,28,32-33H,2-5,7,9-10,12-13,16-18H2,1H3/b19-14+/t24-,25+,26-,28-/m1/s1. The molecule has 0 unspecified atom stereocenters. The van der Waals surface area contributed by atoms with Crippen LogP contribution in [0, 0.1) is 17.8 Å². The monoisotopic (exact) mass is 493 g/mol. The molecule has 3 fully saturated rings. The SMILES string of the molecule is CCC/C(=C\c1cccc(O)c1)CC[C@H]1OC[C@H]2C1=C(CO)C[C@H]1C(=O)N(C3CCCCC3)C(=O)[C@H]12. The van der Waals surface area contributed by atoms with E-state index in [9.17, 15) is 19.8 Å². The van der Waals surface area contributed by atoms with Gasteiger partial charge in [-0.3, -0.25) is 14.5 Å². The lowest BCUT2D eigenvalue weighted by Crippen LogP contribution is -2.42. The van der Waals surface area contributed by atoms with Gasteiger partial charge < -0.3 is 14.9 Å². The van der Waals surface area contributed by atoms with E-state index in [1.807, 2.05) is 12.1 Å². The number of hydrogen-bond donors (Lipinski definition) is 2. The number of allylic oxidation sites excluding steroid dienone is 1. The third kappa shape index (κ3) is 4.78. The highest BCUT2D eigenvalue weighted by Gasteiger charge is 2.58. The number of likely N-dealkylation sites (tertiary alicyclic amines) is 1. The van der Waals surface area contributed by atoms with Crippen LogP contribution in [0.15, 0.2) is 41.0 Å². The number of imide groups is 1. The first kappa shape index (κ1) is 25.2. The zero-order chi connectivity index (χ0) is 25.2. The topological polar surface area (TPSA) is 87.1 Å². The predicted octanol–water partition coefficient (Wildman–Crippen LogP) is 5.00. The summed E-state index contributed by atoms with van der Waals surface area (Å²) in [7, 11) is 0. The molecule has 5 rings (SSSR count). The van der Waals surface area contributed by atoms with Crippen molar-refractivity contribution in [1.82, 2.24) is 4.90 Å². The minimum Gasteiger partial charge on any atom is -0.508 e. The van der Waals surface area contributed by atoms with Crippen LogP contribution in [0.4, 0.5) is 0 Å². The number of rotatable bonds is 8. The van der Waals surface area contributed by atoms with Crippen LogP contribution in [0.2, 0.25) is 0 Å². The Balaban J connectivity index is 1.34. The molecule has 36 heavy (non-hydrogen) atoms. The van der Waals surface area contributed by atoms with Gasteiger partial charge in [-0.2, -0.15) is 0 Å². The van der Waals surface area contributed by atoms with Gasteiger partial charge in [-0.25, -0.2) is 0 Å². The highest BCUT2D eigenvalue weighted by atomic mass is 16.5. The smallest absolute Gasteiger partial charge is 0.234 e. The van der Waals surface area contributed by atoms with E-state index in [-0.39, 0.29) is 54.1 Å². The number of hydrogen-bond acceptors (Lipinski definition) is 5. The summed E-state index contributed by atoms with van der Waals surface area (Å²) < 4.78 is 6.28. The number of aliphatic hydroxyl groups excluding tert-OH is 1. The molecule has 2 amide bonds. The molecule has 2 saturated heterocycles. The Bertz CT molecular complexity index is 1050. The average Bonchev–Trinajstić information content (AvgIpc) is 3.41. The lowest BCUT2D eigenvalue weighted by molar-refractivity contribution is -0.143. The molecule has 4 atom stereocenters. The van der Waals surface area contributed by atoms with Gasteiger partial charge in [0.25, 0.3) is 0 Å². The minimum atomic E-state index is -0.348. The predicted molar refractivity (Wildman–Crippen MR) is 138 cm³/mol. The number of carbonyl (C=O) groups excluding carboxylic acids is 2. The van der Waals surface area contributed by atoms with Crippen LogP contribution in [0.5, 0.6) is 5.75 Å². The normalized spacial score (nSPS) is 29.2. The van der Waals surface area contributed by atoms with Crippen molar-refractivity contribution >= 4 is 17.9 Å². The van der Waals surface area contributed by atoms with Gasteiger partial charge in [0.2, 0.25) is 11.8 Å². The number of ether oxygens (including phenoxy) is 1. The number of carbonyl (C=O) groups is 2. The molecule has 2 aliphatic heterocycles. The number of benzene rings is 1. The van der Waals surface area contributed by atoms with Gasteiger partial charge in [-0.1, -0.05) is 56.4 Å². The Morgan fingerprint density at radius 2 is 1.92 bits per heavy atom. The van der Waals surface area contributed by atoms with E-state index in [1.165, 1.54) is 12.0 Å². The molecule has 2 N–H and O–H groups in total. The summed E-state index contributed by atoms with van der Waals surface area (Å²) in [6.45, 7) is 2.52. The summed E-state index contributed by atoms with van der Waals surface area (Å²) in [6, 6.07) is 7.33. The van der Waals surface area contributed by atoms with Gasteiger partial charge in [0, 0.05) is 12.0 Å². The van der Waals surface area contributed by atoms with Crippen LogP contribution in [-0.4, -0.2) is 52.3 Å². The van der Waals surface area contributed by atoms with Crippen LogP contribution in [0.3, 0.4) is 0 Å². The van der Waals surface area contributed by atoms with E-state index >= 15 is 0 Å². The first-order valence-corrected chi connectivity index (χ1v) is 13.8.